The number of aryl methyl sites for hydroxylation is 1. The van der Waals surface area contributed by atoms with Gasteiger partial charge in [0.15, 0.2) is 0 Å². The standard InChI is InChI=1S/C14H24N4/c1-10-5-4-6-12(8-7-10)17-13-9-11(2)16-14(15-3)18-13/h9-10,12H,4-8H2,1-3H3,(H2,15,16,17,18). The molecule has 100 valence electrons. The van der Waals surface area contributed by atoms with Crippen LogP contribution in [0, 0.1) is 12.8 Å². The first-order chi connectivity index (χ1) is 8.67. The van der Waals surface area contributed by atoms with Crippen molar-refractivity contribution in [3.05, 3.63) is 11.8 Å². The Bertz CT molecular complexity index is 391. The molecule has 4 nitrogen and oxygen atoms in total. The van der Waals surface area contributed by atoms with Crippen LogP contribution in [0.5, 0.6) is 0 Å². The molecule has 0 aromatic carbocycles. The van der Waals surface area contributed by atoms with Crippen molar-refractivity contribution in [3.8, 4) is 0 Å². The summed E-state index contributed by atoms with van der Waals surface area (Å²) >= 11 is 0. The van der Waals surface area contributed by atoms with Gasteiger partial charge in [0.1, 0.15) is 5.82 Å². The Hall–Kier alpha value is -1.32. The van der Waals surface area contributed by atoms with Crippen molar-refractivity contribution in [2.24, 2.45) is 5.92 Å². The second-order valence-electron chi connectivity index (χ2n) is 5.42. The SMILES string of the molecule is CNc1nc(C)cc(NC2CCCC(C)CC2)n1. The molecule has 0 aliphatic heterocycles. The zero-order valence-electron chi connectivity index (χ0n) is 11.7. The highest BCUT2D eigenvalue weighted by atomic mass is 15.1. The van der Waals surface area contributed by atoms with Crippen LogP contribution in [0.4, 0.5) is 11.8 Å². The third-order valence-corrected chi connectivity index (χ3v) is 3.69. The van der Waals surface area contributed by atoms with Gasteiger partial charge in [0.2, 0.25) is 5.95 Å². The van der Waals surface area contributed by atoms with Crippen molar-refractivity contribution in [2.75, 3.05) is 17.7 Å². The summed E-state index contributed by atoms with van der Waals surface area (Å²) in [5, 5.41) is 6.57. The van der Waals surface area contributed by atoms with Crippen molar-refractivity contribution in [1.82, 2.24) is 9.97 Å². The lowest BCUT2D eigenvalue weighted by Gasteiger charge is -2.17. The highest BCUT2D eigenvalue weighted by Gasteiger charge is 2.16. The van der Waals surface area contributed by atoms with E-state index in [1.54, 1.807) is 0 Å². The fourth-order valence-corrected chi connectivity index (χ4v) is 2.59. The zero-order chi connectivity index (χ0) is 13.0. The maximum absolute atomic E-state index is 4.46. The van der Waals surface area contributed by atoms with E-state index in [9.17, 15) is 0 Å². The van der Waals surface area contributed by atoms with Gasteiger partial charge in [-0.3, -0.25) is 0 Å². The molecule has 18 heavy (non-hydrogen) atoms. The molecular weight excluding hydrogens is 224 g/mol. The van der Waals surface area contributed by atoms with Crippen molar-refractivity contribution in [3.63, 3.8) is 0 Å². The largest absolute Gasteiger partial charge is 0.367 e. The first kappa shape index (κ1) is 13.1. The third-order valence-electron chi connectivity index (χ3n) is 3.69. The van der Waals surface area contributed by atoms with Crippen LogP contribution in [0.1, 0.15) is 44.7 Å². The summed E-state index contributed by atoms with van der Waals surface area (Å²) in [5.74, 6) is 2.52. The number of aromatic nitrogens is 2. The maximum atomic E-state index is 4.46. The molecule has 1 aromatic rings. The van der Waals surface area contributed by atoms with Crippen LogP contribution in [0.15, 0.2) is 6.07 Å². The molecule has 1 saturated carbocycles. The first-order valence-corrected chi connectivity index (χ1v) is 6.97. The predicted molar refractivity (Wildman–Crippen MR) is 76.0 cm³/mol. The average Bonchev–Trinajstić information content (AvgIpc) is 2.54. The number of hydrogen-bond acceptors (Lipinski definition) is 4. The molecule has 2 atom stereocenters. The monoisotopic (exact) mass is 248 g/mol. The lowest BCUT2D eigenvalue weighted by molar-refractivity contribution is 0.502. The fraction of sp³-hybridized carbons (Fsp3) is 0.714. The summed E-state index contributed by atoms with van der Waals surface area (Å²) < 4.78 is 0. The molecule has 0 bridgehead atoms. The molecule has 2 unspecified atom stereocenters. The molecule has 0 saturated heterocycles. The minimum absolute atomic E-state index is 0.564. The first-order valence-electron chi connectivity index (χ1n) is 6.97. The van der Waals surface area contributed by atoms with E-state index in [1.165, 1.54) is 32.1 Å². The normalized spacial score (nSPS) is 24.4. The van der Waals surface area contributed by atoms with Crippen LogP contribution in [-0.2, 0) is 0 Å². The smallest absolute Gasteiger partial charge is 0.224 e. The lowest BCUT2D eigenvalue weighted by atomic mass is 10.0. The molecule has 0 radical (unpaired) electrons. The Morgan fingerprint density at radius 3 is 2.78 bits per heavy atom. The van der Waals surface area contributed by atoms with Crippen LogP contribution in [0.25, 0.3) is 0 Å². The fourth-order valence-electron chi connectivity index (χ4n) is 2.59. The molecule has 2 rings (SSSR count). The van der Waals surface area contributed by atoms with Crippen LogP contribution in [-0.4, -0.2) is 23.1 Å². The second kappa shape index (κ2) is 6.03. The van der Waals surface area contributed by atoms with Gasteiger partial charge in [-0.25, -0.2) is 4.98 Å². The molecule has 0 spiro atoms. The van der Waals surface area contributed by atoms with Gasteiger partial charge in [0.25, 0.3) is 0 Å². The van der Waals surface area contributed by atoms with Gasteiger partial charge in [0, 0.05) is 24.8 Å². The highest BCUT2D eigenvalue weighted by molar-refractivity contribution is 5.42. The predicted octanol–water partition coefficient (Wildman–Crippen LogP) is 3.21. The summed E-state index contributed by atoms with van der Waals surface area (Å²) in [6.45, 7) is 4.36. The highest BCUT2D eigenvalue weighted by Crippen LogP contribution is 2.24. The number of nitrogens with zero attached hydrogens (tertiary/aromatic N) is 2. The van der Waals surface area contributed by atoms with Crippen molar-refractivity contribution >= 4 is 11.8 Å². The molecule has 1 heterocycles. The van der Waals surface area contributed by atoms with Gasteiger partial charge in [-0.2, -0.15) is 4.98 Å². The van der Waals surface area contributed by atoms with Gasteiger partial charge < -0.3 is 10.6 Å². The molecule has 4 heteroatoms. The van der Waals surface area contributed by atoms with E-state index in [1.807, 2.05) is 20.0 Å². The topological polar surface area (TPSA) is 49.8 Å². The van der Waals surface area contributed by atoms with Gasteiger partial charge in [0.05, 0.1) is 0 Å². The third kappa shape index (κ3) is 3.59. The van der Waals surface area contributed by atoms with Crippen molar-refractivity contribution < 1.29 is 0 Å². The number of rotatable bonds is 3. The molecule has 1 aliphatic carbocycles. The van der Waals surface area contributed by atoms with E-state index in [2.05, 4.69) is 27.5 Å². The molecule has 0 amide bonds. The number of hydrogen-bond donors (Lipinski definition) is 2. The second-order valence-corrected chi connectivity index (χ2v) is 5.42. The van der Waals surface area contributed by atoms with E-state index in [0.717, 1.165) is 17.4 Å². The minimum atomic E-state index is 0.564. The number of nitrogens with one attached hydrogen (secondary N) is 2. The Labute approximate surface area is 110 Å². The molecule has 1 aromatic heterocycles. The van der Waals surface area contributed by atoms with Crippen LogP contribution >= 0.6 is 0 Å². The average molecular weight is 248 g/mol. The molecule has 2 N–H and O–H groups in total. The Balaban J connectivity index is 2.01. The van der Waals surface area contributed by atoms with E-state index in [4.69, 9.17) is 0 Å². The molecular formula is C14H24N4. The van der Waals surface area contributed by atoms with E-state index in [0.29, 0.717) is 12.0 Å². The summed E-state index contributed by atoms with van der Waals surface area (Å²) in [4.78, 5) is 8.78. The summed E-state index contributed by atoms with van der Waals surface area (Å²) in [7, 11) is 1.85. The quantitative estimate of drug-likeness (QED) is 0.806. The van der Waals surface area contributed by atoms with Gasteiger partial charge in [-0.1, -0.05) is 19.8 Å². The Morgan fingerprint density at radius 2 is 2.00 bits per heavy atom. The van der Waals surface area contributed by atoms with Gasteiger partial charge in [-0.15, -0.1) is 0 Å². The summed E-state index contributed by atoms with van der Waals surface area (Å²) in [6, 6.07) is 2.59. The van der Waals surface area contributed by atoms with Crippen LogP contribution in [0.2, 0.25) is 0 Å². The van der Waals surface area contributed by atoms with Crippen molar-refractivity contribution in [1.29, 1.82) is 0 Å². The summed E-state index contributed by atoms with van der Waals surface area (Å²) in [5.41, 5.74) is 0.999. The lowest BCUT2D eigenvalue weighted by Crippen LogP contribution is -2.19. The molecule has 1 fully saturated rings. The van der Waals surface area contributed by atoms with Crippen LogP contribution < -0.4 is 10.6 Å². The minimum Gasteiger partial charge on any atom is -0.367 e. The van der Waals surface area contributed by atoms with Crippen molar-refractivity contribution in [2.45, 2.75) is 52.0 Å². The number of anilines is 2. The van der Waals surface area contributed by atoms with Gasteiger partial charge in [-0.05, 0) is 32.1 Å². The van der Waals surface area contributed by atoms with Crippen LogP contribution in [0.3, 0.4) is 0 Å². The van der Waals surface area contributed by atoms with E-state index >= 15 is 0 Å². The zero-order valence-corrected chi connectivity index (χ0v) is 11.7. The maximum Gasteiger partial charge on any atom is 0.224 e. The Kier molecular flexibility index (Phi) is 4.39. The van der Waals surface area contributed by atoms with E-state index < -0.39 is 0 Å². The van der Waals surface area contributed by atoms with E-state index in [-0.39, 0.29) is 0 Å². The molecule has 1 aliphatic rings. The summed E-state index contributed by atoms with van der Waals surface area (Å²) in [6.07, 6.45) is 6.51. The van der Waals surface area contributed by atoms with Gasteiger partial charge >= 0.3 is 0 Å². The Morgan fingerprint density at radius 1 is 1.17 bits per heavy atom.